The highest BCUT2D eigenvalue weighted by Gasteiger charge is 2.17. The van der Waals surface area contributed by atoms with Crippen molar-refractivity contribution in [2.45, 2.75) is 38.3 Å². The summed E-state index contributed by atoms with van der Waals surface area (Å²) in [6.07, 6.45) is 2.99. The number of aliphatic hydroxyl groups is 1. The lowest BCUT2D eigenvalue weighted by Crippen LogP contribution is -2.43. The Bertz CT molecular complexity index is 450. The molecule has 0 aliphatic carbocycles. The zero-order valence-electron chi connectivity index (χ0n) is 12.5. The van der Waals surface area contributed by atoms with E-state index in [9.17, 15) is 13.9 Å². The minimum Gasteiger partial charge on any atom is -0.387 e. The molecule has 1 aliphatic heterocycles. The third-order valence-corrected chi connectivity index (χ3v) is 4.12. The lowest BCUT2D eigenvalue weighted by Gasteiger charge is -2.32. The molecule has 0 bridgehead atoms. The molecule has 1 fully saturated rings. The van der Waals surface area contributed by atoms with Crippen molar-refractivity contribution in [1.29, 1.82) is 0 Å². The van der Waals surface area contributed by atoms with Gasteiger partial charge in [-0.1, -0.05) is 12.5 Å². The molecule has 1 aromatic carbocycles. The summed E-state index contributed by atoms with van der Waals surface area (Å²) in [5.41, 5.74) is 0.395. The van der Waals surface area contributed by atoms with E-state index in [0.717, 1.165) is 31.8 Å². The maximum atomic E-state index is 13.1. The first-order chi connectivity index (χ1) is 10.1. The first-order valence-electron chi connectivity index (χ1n) is 7.65. The Morgan fingerprint density at radius 1 is 1.14 bits per heavy atom. The molecule has 1 heterocycles. The Labute approximate surface area is 125 Å². The van der Waals surface area contributed by atoms with Gasteiger partial charge in [0, 0.05) is 19.1 Å². The van der Waals surface area contributed by atoms with Crippen LogP contribution in [0.5, 0.6) is 0 Å². The average Bonchev–Trinajstić information content (AvgIpc) is 2.50. The third kappa shape index (κ3) is 4.73. The Morgan fingerprint density at radius 3 is 2.52 bits per heavy atom. The fourth-order valence-corrected chi connectivity index (χ4v) is 2.75. The summed E-state index contributed by atoms with van der Waals surface area (Å²) >= 11 is 0. The van der Waals surface area contributed by atoms with Gasteiger partial charge in [0.1, 0.15) is 0 Å². The van der Waals surface area contributed by atoms with Gasteiger partial charge in [-0.2, -0.15) is 0 Å². The van der Waals surface area contributed by atoms with Gasteiger partial charge in [0.05, 0.1) is 6.10 Å². The standard InChI is InChI=1S/C16H24F2N2O/c1-12(20-7-3-2-4-8-20)10-19-11-16(21)13-5-6-14(17)15(18)9-13/h5-6,9,12,16,19,21H,2-4,7-8,10-11H2,1H3. The molecule has 2 atom stereocenters. The van der Waals surface area contributed by atoms with Crippen molar-refractivity contribution >= 4 is 0 Å². The minimum absolute atomic E-state index is 0.337. The number of hydrogen-bond donors (Lipinski definition) is 2. The van der Waals surface area contributed by atoms with Crippen LogP contribution in [0.15, 0.2) is 18.2 Å². The molecular formula is C16H24F2N2O. The summed E-state index contributed by atoms with van der Waals surface area (Å²) in [5.74, 6) is -1.81. The van der Waals surface area contributed by atoms with Crippen molar-refractivity contribution in [2.75, 3.05) is 26.2 Å². The Hall–Kier alpha value is -1.04. The zero-order valence-corrected chi connectivity index (χ0v) is 12.5. The van der Waals surface area contributed by atoms with E-state index in [4.69, 9.17) is 0 Å². The van der Waals surface area contributed by atoms with E-state index in [0.29, 0.717) is 18.2 Å². The molecule has 0 spiro atoms. The molecule has 2 N–H and O–H groups in total. The highest BCUT2D eigenvalue weighted by molar-refractivity contribution is 5.20. The summed E-state index contributed by atoms with van der Waals surface area (Å²) in [6.45, 7) is 5.55. The van der Waals surface area contributed by atoms with Gasteiger partial charge in [-0.15, -0.1) is 0 Å². The molecule has 0 aromatic heterocycles. The van der Waals surface area contributed by atoms with E-state index in [1.54, 1.807) is 0 Å². The van der Waals surface area contributed by atoms with Crippen LogP contribution < -0.4 is 5.32 Å². The SMILES string of the molecule is CC(CNCC(O)c1ccc(F)c(F)c1)N1CCCCC1. The molecule has 118 valence electrons. The Balaban J connectivity index is 1.75. The van der Waals surface area contributed by atoms with Gasteiger partial charge >= 0.3 is 0 Å². The first kappa shape index (κ1) is 16.3. The number of piperidine rings is 1. The van der Waals surface area contributed by atoms with Gasteiger partial charge < -0.3 is 10.4 Å². The lowest BCUT2D eigenvalue weighted by molar-refractivity contribution is 0.150. The summed E-state index contributed by atoms with van der Waals surface area (Å²) in [5, 5.41) is 13.2. The molecule has 0 amide bonds. The third-order valence-electron chi connectivity index (χ3n) is 4.12. The number of halogens is 2. The van der Waals surface area contributed by atoms with Gasteiger partial charge in [0.2, 0.25) is 0 Å². The number of aliphatic hydroxyl groups excluding tert-OH is 1. The minimum atomic E-state index is -0.923. The number of benzene rings is 1. The van der Waals surface area contributed by atoms with Gasteiger partial charge in [0.25, 0.3) is 0 Å². The van der Waals surface area contributed by atoms with E-state index in [1.807, 2.05) is 0 Å². The molecule has 1 aromatic rings. The number of hydrogen-bond acceptors (Lipinski definition) is 3. The van der Waals surface area contributed by atoms with Crippen LogP contribution in [0.1, 0.15) is 37.9 Å². The summed E-state index contributed by atoms with van der Waals surface area (Å²) in [4.78, 5) is 2.44. The highest BCUT2D eigenvalue weighted by Crippen LogP contribution is 2.16. The molecule has 2 rings (SSSR count). The van der Waals surface area contributed by atoms with Crippen LogP contribution in [0.3, 0.4) is 0 Å². The summed E-state index contributed by atoms with van der Waals surface area (Å²) in [7, 11) is 0. The normalized spacial score (nSPS) is 19.4. The van der Waals surface area contributed by atoms with Crippen LogP contribution in [0.25, 0.3) is 0 Å². The molecule has 1 saturated heterocycles. The molecular weight excluding hydrogens is 274 g/mol. The second kappa shape index (κ2) is 7.82. The molecule has 0 radical (unpaired) electrons. The zero-order chi connectivity index (χ0) is 15.2. The van der Waals surface area contributed by atoms with Crippen molar-refractivity contribution < 1.29 is 13.9 Å². The molecule has 21 heavy (non-hydrogen) atoms. The predicted molar refractivity (Wildman–Crippen MR) is 79.1 cm³/mol. The van der Waals surface area contributed by atoms with Crippen molar-refractivity contribution in [3.63, 3.8) is 0 Å². The topological polar surface area (TPSA) is 35.5 Å². The summed E-state index contributed by atoms with van der Waals surface area (Å²) < 4.78 is 26.0. The molecule has 5 heteroatoms. The predicted octanol–water partition coefficient (Wildman–Crippen LogP) is 2.46. The van der Waals surface area contributed by atoms with E-state index >= 15 is 0 Å². The Kier molecular flexibility index (Phi) is 6.08. The van der Waals surface area contributed by atoms with Crippen LogP contribution in [0, 0.1) is 11.6 Å². The average molecular weight is 298 g/mol. The lowest BCUT2D eigenvalue weighted by atomic mass is 10.1. The van der Waals surface area contributed by atoms with Gasteiger partial charge in [-0.3, -0.25) is 4.90 Å². The van der Waals surface area contributed by atoms with Gasteiger partial charge in [-0.05, 0) is 50.6 Å². The fourth-order valence-electron chi connectivity index (χ4n) is 2.75. The van der Waals surface area contributed by atoms with Crippen molar-refractivity contribution in [1.82, 2.24) is 10.2 Å². The molecule has 1 aliphatic rings. The van der Waals surface area contributed by atoms with Crippen molar-refractivity contribution in [2.24, 2.45) is 0 Å². The first-order valence-corrected chi connectivity index (χ1v) is 7.65. The van der Waals surface area contributed by atoms with Crippen LogP contribution >= 0.6 is 0 Å². The van der Waals surface area contributed by atoms with E-state index in [-0.39, 0.29) is 0 Å². The second-order valence-corrected chi connectivity index (χ2v) is 5.79. The quantitative estimate of drug-likeness (QED) is 0.847. The van der Waals surface area contributed by atoms with Gasteiger partial charge in [0.15, 0.2) is 11.6 Å². The second-order valence-electron chi connectivity index (χ2n) is 5.79. The summed E-state index contributed by atoms with van der Waals surface area (Å²) in [6, 6.07) is 3.93. The van der Waals surface area contributed by atoms with Crippen molar-refractivity contribution in [3.8, 4) is 0 Å². The number of rotatable bonds is 6. The monoisotopic (exact) mass is 298 g/mol. The van der Waals surface area contributed by atoms with E-state index < -0.39 is 17.7 Å². The van der Waals surface area contributed by atoms with Crippen LogP contribution in [-0.2, 0) is 0 Å². The number of nitrogens with zero attached hydrogens (tertiary/aromatic N) is 1. The smallest absolute Gasteiger partial charge is 0.159 e. The van der Waals surface area contributed by atoms with Gasteiger partial charge in [-0.25, -0.2) is 8.78 Å². The van der Waals surface area contributed by atoms with Crippen LogP contribution in [0.4, 0.5) is 8.78 Å². The molecule has 0 saturated carbocycles. The van der Waals surface area contributed by atoms with Crippen molar-refractivity contribution in [3.05, 3.63) is 35.4 Å². The molecule has 3 nitrogen and oxygen atoms in total. The highest BCUT2D eigenvalue weighted by atomic mass is 19.2. The maximum Gasteiger partial charge on any atom is 0.159 e. The maximum absolute atomic E-state index is 13.1. The molecule has 2 unspecified atom stereocenters. The number of likely N-dealkylation sites (tertiary alicyclic amines) is 1. The van der Waals surface area contributed by atoms with E-state index in [2.05, 4.69) is 17.1 Å². The Morgan fingerprint density at radius 2 is 1.86 bits per heavy atom. The largest absolute Gasteiger partial charge is 0.387 e. The number of nitrogens with one attached hydrogen (secondary N) is 1. The van der Waals surface area contributed by atoms with E-state index in [1.165, 1.54) is 25.3 Å². The van der Waals surface area contributed by atoms with Crippen LogP contribution in [-0.4, -0.2) is 42.2 Å². The fraction of sp³-hybridized carbons (Fsp3) is 0.625. The van der Waals surface area contributed by atoms with Crippen LogP contribution in [0.2, 0.25) is 0 Å².